The number of nitrogens with one attached hydrogen (secondary N) is 2. The van der Waals surface area contributed by atoms with Crippen molar-refractivity contribution in [1.29, 1.82) is 0 Å². The average Bonchev–Trinajstić information content (AvgIpc) is 2.17. The first-order valence-corrected chi connectivity index (χ1v) is 4.16. The predicted molar refractivity (Wildman–Crippen MR) is 54.3 cm³/mol. The molecule has 1 aromatic carbocycles. The Morgan fingerprint density at radius 1 is 1.38 bits per heavy atom. The van der Waals surface area contributed by atoms with Crippen molar-refractivity contribution >= 4 is 17.4 Å². The number of nitrogens with two attached hydrogens (primary N) is 1. The summed E-state index contributed by atoms with van der Waals surface area (Å²) in [7, 11) is 0. The van der Waals surface area contributed by atoms with E-state index in [1.165, 1.54) is 0 Å². The summed E-state index contributed by atoms with van der Waals surface area (Å²) < 4.78 is 5.15. The predicted octanol–water partition coefficient (Wildman–Crippen LogP) is 0.456. The third-order valence-corrected chi connectivity index (χ3v) is 1.61. The molecule has 0 aliphatic carbocycles. The van der Waals surface area contributed by atoms with Gasteiger partial charge in [0.15, 0.2) is 0 Å². The first kappa shape index (κ1) is 9.91. The quantitative estimate of drug-likeness (QED) is 0.373. The van der Waals surface area contributed by atoms with Crippen LogP contribution in [0.5, 0.6) is 0 Å². The molecule has 0 saturated carbocycles. The number of benzene rings is 1. The van der Waals surface area contributed by atoms with Crippen LogP contribution in [0.15, 0.2) is 30.3 Å². The van der Waals surface area contributed by atoms with Gasteiger partial charge in [-0.25, -0.2) is 0 Å². The summed E-state index contributed by atoms with van der Waals surface area (Å²) in [4.78, 5) is 0. The van der Waals surface area contributed by atoms with E-state index in [-0.39, 0.29) is 5.17 Å². The van der Waals surface area contributed by atoms with Crippen LogP contribution >= 0.6 is 12.2 Å². The van der Waals surface area contributed by atoms with Crippen molar-refractivity contribution in [3.63, 3.8) is 0 Å². The van der Waals surface area contributed by atoms with E-state index < -0.39 is 0 Å². The van der Waals surface area contributed by atoms with E-state index in [0.29, 0.717) is 6.61 Å². The summed E-state index contributed by atoms with van der Waals surface area (Å²) >= 11 is 4.78. The zero-order valence-electron chi connectivity index (χ0n) is 6.99. The Kier molecular flexibility index (Phi) is 4.17. The molecule has 0 atom stereocenters. The Bertz CT molecular complexity index is 265. The highest BCUT2D eigenvalue weighted by Crippen LogP contribution is 1.99. The van der Waals surface area contributed by atoms with Crippen LogP contribution < -0.4 is 16.8 Å². The molecular weight excluding hydrogens is 186 g/mol. The zero-order valence-corrected chi connectivity index (χ0v) is 7.80. The number of hydrazine groups is 2. The minimum atomic E-state index is 0.228. The number of hydrogen-bond acceptors (Lipinski definition) is 4. The minimum Gasteiger partial charge on any atom is -0.465 e. The van der Waals surface area contributed by atoms with Crippen molar-refractivity contribution in [2.75, 3.05) is 0 Å². The van der Waals surface area contributed by atoms with E-state index in [1.54, 1.807) is 0 Å². The van der Waals surface area contributed by atoms with Gasteiger partial charge in [-0.1, -0.05) is 30.3 Å². The van der Waals surface area contributed by atoms with Crippen LogP contribution in [0.3, 0.4) is 0 Å². The van der Waals surface area contributed by atoms with Crippen LogP contribution in [0.1, 0.15) is 5.56 Å². The molecule has 0 saturated heterocycles. The number of rotatable bonds is 3. The first-order chi connectivity index (χ1) is 6.33. The van der Waals surface area contributed by atoms with Gasteiger partial charge in [0.2, 0.25) is 0 Å². The number of hydrogen-bond donors (Lipinski definition) is 3. The lowest BCUT2D eigenvalue weighted by molar-refractivity contribution is 0.281. The van der Waals surface area contributed by atoms with Crippen molar-refractivity contribution in [3.05, 3.63) is 35.9 Å². The second kappa shape index (κ2) is 5.47. The maximum Gasteiger partial charge on any atom is 0.272 e. The molecular formula is C8H11N3OS. The molecule has 0 aromatic heterocycles. The lowest BCUT2D eigenvalue weighted by Gasteiger charge is -2.07. The van der Waals surface area contributed by atoms with Crippen LogP contribution in [-0.4, -0.2) is 5.17 Å². The summed E-state index contributed by atoms with van der Waals surface area (Å²) in [5, 5.41) is 0.228. The smallest absolute Gasteiger partial charge is 0.272 e. The maximum absolute atomic E-state index is 5.15. The Balaban J connectivity index is 2.31. The van der Waals surface area contributed by atoms with Gasteiger partial charge in [0, 0.05) is 0 Å². The SMILES string of the molecule is NNNC(=S)OCc1ccccc1. The molecule has 0 amide bonds. The third kappa shape index (κ3) is 3.84. The van der Waals surface area contributed by atoms with E-state index in [9.17, 15) is 0 Å². The fraction of sp³-hybridized carbons (Fsp3) is 0.125. The summed E-state index contributed by atoms with van der Waals surface area (Å²) in [5.41, 5.74) is 5.70. The highest BCUT2D eigenvalue weighted by Gasteiger charge is 1.95. The lowest BCUT2D eigenvalue weighted by Crippen LogP contribution is -2.42. The highest BCUT2D eigenvalue weighted by molar-refractivity contribution is 7.80. The fourth-order valence-corrected chi connectivity index (χ4v) is 0.936. The van der Waals surface area contributed by atoms with E-state index in [0.717, 1.165) is 5.56 Å². The van der Waals surface area contributed by atoms with Gasteiger partial charge in [-0.2, -0.15) is 5.53 Å². The molecule has 5 heteroatoms. The highest BCUT2D eigenvalue weighted by atomic mass is 32.1. The van der Waals surface area contributed by atoms with Crippen molar-refractivity contribution < 1.29 is 4.74 Å². The molecule has 70 valence electrons. The van der Waals surface area contributed by atoms with Crippen LogP contribution in [0.4, 0.5) is 0 Å². The van der Waals surface area contributed by atoms with Gasteiger partial charge >= 0.3 is 0 Å². The number of thiocarbonyl (C=S) groups is 1. The lowest BCUT2D eigenvalue weighted by atomic mass is 10.2. The second-order valence-electron chi connectivity index (χ2n) is 2.33. The van der Waals surface area contributed by atoms with Gasteiger partial charge in [0.05, 0.1) is 0 Å². The number of ether oxygens (including phenoxy) is 1. The minimum absolute atomic E-state index is 0.228. The van der Waals surface area contributed by atoms with E-state index >= 15 is 0 Å². The fourth-order valence-electron chi connectivity index (χ4n) is 0.818. The van der Waals surface area contributed by atoms with Crippen molar-refractivity contribution in [1.82, 2.24) is 11.0 Å². The standard InChI is InChI=1S/C8H11N3OS/c9-11-10-8(13)12-6-7-4-2-1-3-5-7/h1-5,11H,6,9H2,(H,10,13). The Labute approximate surface area is 82.0 Å². The molecule has 4 N–H and O–H groups in total. The summed E-state index contributed by atoms with van der Waals surface area (Å²) in [6.45, 7) is 0.439. The van der Waals surface area contributed by atoms with Gasteiger partial charge in [-0.05, 0) is 17.8 Å². The molecule has 0 spiro atoms. The normalized spacial score (nSPS) is 9.31. The van der Waals surface area contributed by atoms with Crippen molar-refractivity contribution in [2.24, 2.45) is 5.84 Å². The Morgan fingerprint density at radius 3 is 2.69 bits per heavy atom. The van der Waals surface area contributed by atoms with Crippen LogP contribution in [0, 0.1) is 0 Å². The molecule has 0 aliphatic rings. The first-order valence-electron chi connectivity index (χ1n) is 3.75. The van der Waals surface area contributed by atoms with Gasteiger partial charge in [0.25, 0.3) is 5.17 Å². The molecule has 13 heavy (non-hydrogen) atoms. The summed E-state index contributed by atoms with van der Waals surface area (Å²) in [6, 6.07) is 9.74. The summed E-state index contributed by atoms with van der Waals surface area (Å²) in [5.74, 6) is 4.97. The Hall–Kier alpha value is -1.17. The molecule has 4 nitrogen and oxygen atoms in total. The molecule has 0 bridgehead atoms. The zero-order chi connectivity index (χ0) is 9.52. The topological polar surface area (TPSA) is 59.3 Å². The third-order valence-electron chi connectivity index (χ3n) is 1.39. The van der Waals surface area contributed by atoms with Crippen molar-refractivity contribution in [2.45, 2.75) is 6.61 Å². The molecule has 1 aromatic rings. The molecule has 1 rings (SSSR count). The summed E-state index contributed by atoms with van der Waals surface area (Å²) in [6.07, 6.45) is 0. The largest absolute Gasteiger partial charge is 0.465 e. The Morgan fingerprint density at radius 2 is 2.08 bits per heavy atom. The van der Waals surface area contributed by atoms with Gasteiger partial charge in [-0.3, -0.25) is 11.3 Å². The maximum atomic E-state index is 5.15. The van der Waals surface area contributed by atoms with E-state index in [2.05, 4.69) is 11.0 Å². The molecule has 0 aliphatic heterocycles. The molecule has 0 fully saturated rings. The van der Waals surface area contributed by atoms with Crippen LogP contribution in [0.2, 0.25) is 0 Å². The molecule has 0 heterocycles. The van der Waals surface area contributed by atoms with Gasteiger partial charge in [0.1, 0.15) is 6.61 Å². The van der Waals surface area contributed by atoms with E-state index in [4.69, 9.17) is 22.8 Å². The van der Waals surface area contributed by atoms with Crippen molar-refractivity contribution in [3.8, 4) is 0 Å². The molecule has 0 unspecified atom stereocenters. The monoisotopic (exact) mass is 197 g/mol. The average molecular weight is 197 g/mol. The molecule has 0 radical (unpaired) electrons. The van der Waals surface area contributed by atoms with Gasteiger partial charge in [-0.15, -0.1) is 0 Å². The van der Waals surface area contributed by atoms with E-state index in [1.807, 2.05) is 30.3 Å². The van der Waals surface area contributed by atoms with Gasteiger partial charge < -0.3 is 4.74 Å². The van der Waals surface area contributed by atoms with Crippen LogP contribution in [-0.2, 0) is 11.3 Å². The van der Waals surface area contributed by atoms with Crippen LogP contribution in [0.25, 0.3) is 0 Å². The second-order valence-corrected chi connectivity index (χ2v) is 2.70.